The van der Waals surface area contributed by atoms with E-state index in [1.54, 1.807) is 0 Å². The van der Waals surface area contributed by atoms with Crippen LogP contribution in [0.3, 0.4) is 0 Å². The van der Waals surface area contributed by atoms with Crippen molar-refractivity contribution in [1.82, 2.24) is 20.6 Å². The summed E-state index contributed by atoms with van der Waals surface area (Å²) in [6, 6.07) is -1.06. The number of carboxylic acids is 1. The lowest BCUT2D eigenvalue weighted by atomic mass is 10.4. The predicted octanol–water partition coefficient (Wildman–Crippen LogP) is -1.85. The summed E-state index contributed by atoms with van der Waals surface area (Å²) in [5.41, 5.74) is 15.7. The average molecular weight is 422 g/mol. The standard InChI is InChI=1S/C9H11ClN8O4.2ClH.H2O/c10-4-6(12)16-5(11)3(15-4)7(21)17-8(13)18-9(22)14-1-2(19)20;;;/h1H2,(H,19,20)(H4,11,12,16)(H4,13,14,17,18,21,22);2*1H;1H2. The van der Waals surface area contributed by atoms with E-state index >= 15 is 0 Å². The normalized spacial score (nSPS) is 9.56. The first-order valence-electron chi connectivity index (χ1n) is 5.44. The van der Waals surface area contributed by atoms with Gasteiger partial charge in [-0.05, 0) is 0 Å². The van der Waals surface area contributed by atoms with E-state index in [0.29, 0.717) is 0 Å². The van der Waals surface area contributed by atoms with Crippen molar-refractivity contribution >= 4 is 71.9 Å². The molecule has 0 saturated carbocycles. The van der Waals surface area contributed by atoms with Crippen LogP contribution in [0.1, 0.15) is 10.5 Å². The second-order valence-corrected chi connectivity index (χ2v) is 4.00. The Balaban J connectivity index is -0.00000161. The van der Waals surface area contributed by atoms with Crippen molar-refractivity contribution in [2.75, 3.05) is 18.0 Å². The maximum absolute atomic E-state index is 11.8. The van der Waals surface area contributed by atoms with Crippen molar-refractivity contribution in [3.63, 3.8) is 0 Å². The quantitative estimate of drug-likeness (QED) is 0.236. The van der Waals surface area contributed by atoms with Gasteiger partial charge in [0, 0.05) is 0 Å². The number of aliphatic carboxylic acids is 1. The Morgan fingerprint density at radius 3 is 2.24 bits per heavy atom. The van der Waals surface area contributed by atoms with Crippen molar-refractivity contribution in [3.8, 4) is 0 Å². The third-order valence-electron chi connectivity index (χ3n) is 1.97. The zero-order chi connectivity index (χ0) is 16.9. The van der Waals surface area contributed by atoms with Gasteiger partial charge >= 0.3 is 12.0 Å². The van der Waals surface area contributed by atoms with Gasteiger partial charge in [-0.3, -0.25) is 14.9 Å². The molecule has 0 aromatic carbocycles. The number of nitrogens with one attached hydrogen (secondary N) is 2. The second-order valence-electron chi connectivity index (χ2n) is 3.64. The molecule has 0 saturated heterocycles. The fraction of sp³-hybridized carbons (Fsp3) is 0.111. The molecular formula is C9H15Cl3N8O5. The van der Waals surface area contributed by atoms with Crippen molar-refractivity contribution in [3.05, 3.63) is 10.8 Å². The molecule has 11 N–H and O–H groups in total. The van der Waals surface area contributed by atoms with Gasteiger partial charge in [-0.15, -0.1) is 24.8 Å². The molecule has 0 unspecified atom stereocenters. The molecule has 13 nitrogen and oxygen atoms in total. The van der Waals surface area contributed by atoms with Gasteiger partial charge in [0.2, 0.25) is 5.96 Å². The summed E-state index contributed by atoms with van der Waals surface area (Å²) in [5.74, 6) is -3.28. The topological polar surface area (TPSA) is 243 Å². The molecule has 25 heavy (non-hydrogen) atoms. The van der Waals surface area contributed by atoms with Gasteiger partial charge in [0.25, 0.3) is 5.91 Å². The number of nitrogen functional groups attached to an aromatic ring is 2. The van der Waals surface area contributed by atoms with Crippen LogP contribution in [0.25, 0.3) is 0 Å². The van der Waals surface area contributed by atoms with E-state index in [-0.39, 0.29) is 52.8 Å². The number of carbonyl (C=O) groups is 3. The number of aliphatic imine (C=N–C) groups is 1. The fourth-order valence-electron chi connectivity index (χ4n) is 1.11. The van der Waals surface area contributed by atoms with Crippen molar-refractivity contribution in [2.45, 2.75) is 0 Å². The summed E-state index contributed by atoms with van der Waals surface area (Å²) in [7, 11) is 0. The number of hydrogen-bond acceptors (Lipinski definition) is 7. The first-order chi connectivity index (χ1) is 10.2. The first kappa shape index (κ1) is 27.2. The van der Waals surface area contributed by atoms with Crippen LogP contribution in [0.5, 0.6) is 0 Å². The highest BCUT2D eigenvalue weighted by molar-refractivity contribution is 6.31. The van der Waals surface area contributed by atoms with E-state index in [4.69, 9.17) is 33.9 Å². The number of halogens is 3. The molecule has 0 bridgehead atoms. The Hall–Kier alpha value is -2.61. The third-order valence-corrected chi connectivity index (χ3v) is 2.25. The van der Waals surface area contributed by atoms with Gasteiger partial charge < -0.3 is 33.1 Å². The highest BCUT2D eigenvalue weighted by Crippen LogP contribution is 2.16. The van der Waals surface area contributed by atoms with Crippen LogP contribution < -0.4 is 27.8 Å². The number of carbonyl (C=O) groups excluding carboxylic acids is 2. The minimum atomic E-state index is -1.27. The zero-order valence-electron chi connectivity index (χ0n) is 12.1. The molecule has 0 aliphatic heterocycles. The van der Waals surface area contributed by atoms with E-state index < -0.39 is 30.4 Å². The number of urea groups is 1. The third kappa shape index (κ3) is 8.71. The molecule has 3 amide bonds. The molecule has 1 rings (SSSR count). The molecule has 1 aromatic rings. The number of rotatable bonds is 3. The second kappa shape index (κ2) is 11.9. The number of aromatic nitrogens is 2. The maximum atomic E-state index is 11.8. The van der Waals surface area contributed by atoms with Gasteiger partial charge in [0.05, 0.1) is 0 Å². The summed E-state index contributed by atoms with van der Waals surface area (Å²) in [4.78, 5) is 43.6. The molecule has 0 spiro atoms. The number of amides is 3. The number of nitrogens with two attached hydrogens (primary N) is 3. The SMILES string of the molecule is Cl.Cl.NC(=NC(=O)NCC(=O)O)NC(=O)c1nc(Cl)c(N)nc1N.O. The Bertz CT molecular complexity index is 671. The monoisotopic (exact) mass is 420 g/mol. The van der Waals surface area contributed by atoms with Crippen molar-refractivity contribution < 1.29 is 25.0 Å². The highest BCUT2D eigenvalue weighted by atomic mass is 35.5. The van der Waals surface area contributed by atoms with Crippen LogP contribution in [0.2, 0.25) is 5.15 Å². The summed E-state index contributed by atoms with van der Waals surface area (Å²) in [6.45, 7) is -0.657. The minimum Gasteiger partial charge on any atom is -0.480 e. The summed E-state index contributed by atoms with van der Waals surface area (Å²) in [6.07, 6.45) is 0. The van der Waals surface area contributed by atoms with Crippen LogP contribution in [0, 0.1) is 0 Å². The number of carboxylic acid groups (broad SMARTS) is 1. The Morgan fingerprint density at radius 1 is 1.16 bits per heavy atom. The number of hydrogen-bond donors (Lipinski definition) is 6. The Morgan fingerprint density at radius 2 is 1.72 bits per heavy atom. The molecule has 0 atom stereocenters. The highest BCUT2D eigenvalue weighted by Gasteiger charge is 2.17. The molecule has 1 heterocycles. The van der Waals surface area contributed by atoms with Crippen LogP contribution in [-0.4, -0.2) is 51.0 Å². The lowest BCUT2D eigenvalue weighted by Crippen LogP contribution is -2.39. The smallest absolute Gasteiger partial charge is 0.344 e. The molecule has 16 heteroatoms. The van der Waals surface area contributed by atoms with E-state index in [1.165, 1.54) is 0 Å². The Labute approximate surface area is 157 Å². The van der Waals surface area contributed by atoms with E-state index in [1.807, 2.05) is 10.6 Å². The fourth-order valence-corrected chi connectivity index (χ4v) is 1.24. The molecule has 0 radical (unpaired) electrons. The average Bonchev–Trinajstić information content (AvgIpc) is 2.40. The van der Waals surface area contributed by atoms with E-state index in [9.17, 15) is 14.4 Å². The summed E-state index contributed by atoms with van der Waals surface area (Å²) in [5, 5.41) is 12.0. The molecular weight excluding hydrogens is 407 g/mol. The molecule has 0 aliphatic carbocycles. The van der Waals surface area contributed by atoms with E-state index in [0.717, 1.165) is 0 Å². The lowest BCUT2D eigenvalue weighted by Gasteiger charge is -2.07. The molecule has 0 fully saturated rings. The van der Waals surface area contributed by atoms with Gasteiger partial charge in [-0.1, -0.05) is 11.6 Å². The summed E-state index contributed by atoms with van der Waals surface area (Å²) < 4.78 is 0. The minimum absolute atomic E-state index is 0. The van der Waals surface area contributed by atoms with Gasteiger partial charge in [-0.25, -0.2) is 14.8 Å². The molecule has 142 valence electrons. The maximum Gasteiger partial charge on any atom is 0.344 e. The van der Waals surface area contributed by atoms with Crippen molar-refractivity contribution in [1.29, 1.82) is 0 Å². The number of guanidine groups is 1. The number of nitrogens with zero attached hydrogens (tertiary/aromatic N) is 3. The number of anilines is 2. The van der Waals surface area contributed by atoms with Crippen LogP contribution in [-0.2, 0) is 4.79 Å². The largest absolute Gasteiger partial charge is 0.480 e. The van der Waals surface area contributed by atoms with Gasteiger partial charge in [0.1, 0.15) is 6.54 Å². The van der Waals surface area contributed by atoms with E-state index in [2.05, 4.69) is 15.0 Å². The predicted molar refractivity (Wildman–Crippen MR) is 94.1 cm³/mol. The van der Waals surface area contributed by atoms with Gasteiger partial charge in [-0.2, -0.15) is 4.99 Å². The molecule has 1 aromatic heterocycles. The van der Waals surface area contributed by atoms with Gasteiger partial charge in [0.15, 0.2) is 22.5 Å². The van der Waals surface area contributed by atoms with Crippen LogP contribution >= 0.6 is 36.4 Å². The summed E-state index contributed by atoms with van der Waals surface area (Å²) >= 11 is 5.61. The van der Waals surface area contributed by atoms with Crippen molar-refractivity contribution in [2.24, 2.45) is 10.7 Å². The first-order valence-corrected chi connectivity index (χ1v) is 5.82. The molecule has 0 aliphatic rings. The zero-order valence-corrected chi connectivity index (χ0v) is 14.5. The van der Waals surface area contributed by atoms with Crippen LogP contribution in [0.15, 0.2) is 4.99 Å². The Kier molecular flexibility index (Phi) is 12.9. The lowest BCUT2D eigenvalue weighted by molar-refractivity contribution is -0.135. The van der Waals surface area contributed by atoms with Crippen LogP contribution in [0.4, 0.5) is 16.4 Å².